The zero-order chi connectivity index (χ0) is 14.1. The van der Waals surface area contributed by atoms with Crippen molar-refractivity contribution in [2.45, 2.75) is 19.3 Å². The minimum Gasteiger partial charge on any atom is -0.481 e. The number of aromatic nitrogens is 4. The van der Waals surface area contributed by atoms with Gasteiger partial charge in [0.15, 0.2) is 11.5 Å². The Balaban J connectivity index is 1.73. The van der Waals surface area contributed by atoms with Crippen molar-refractivity contribution in [3.8, 4) is 0 Å². The summed E-state index contributed by atoms with van der Waals surface area (Å²) in [6.07, 6.45) is 4.30. The summed E-state index contributed by atoms with van der Waals surface area (Å²) in [5.74, 6) is -1.38. The summed E-state index contributed by atoms with van der Waals surface area (Å²) in [7, 11) is 0. The fraction of sp³-hybridized carbons (Fsp3) is 0.417. The third-order valence-electron chi connectivity index (χ3n) is 3.62. The highest BCUT2D eigenvalue weighted by Gasteiger charge is 2.34. The molecule has 2 heterocycles. The molecule has 0 aliphatic heterocycles. The highest BCUT2D eigenvalue weighted by atomic mass is 16.4. The van der Waals surface area contributed by atoms with Gasteiger partial charge in [-0.25, -0.2) is 15.0 Å². The normalized spacial score (nSPS) is 22.0. The van der Waals surface area contributed by atoms with Crippen LogP contribution in [0.1, 0.15) is 19.3 Å². The molecule has 0 radical (unpaired) electrons. The predicted molar refractivity (Wildman–Crippen MR) is 68.8 cm³/mol. The van der Waals surface area contributed by atoms with Gasteiger partial charge >= 0.3 is 5.97 Å². The molecule has 1 amide bonds. The topological polar surface area (TPSA) is 121 Å². The molecule has 1 fully saturated rings. The summed E-state index contributed by atoms with van der Waals surface area (Å²) in [6.45, 7) is 0. The molecule has 2 aromatic rings. The molecule has 20 heavy (non-hydrogen) atoms. The maximum atomic E-state index is 12.1. The molecule has 3 N–H and O–H groups in total. The fourth-order valence-electron chi connectivity index (χ4n) is 2.52. The highest BCUT2D eigenvalue weighted by molar-refractivity contribution is 5.98. The van der Waals surface area contributed by atoms with Gasteiger partial charge < -0.3 is 15.4 Å². The van der Waals surface area contributed by atoms with Crippen LogP contribution >= 0.6 is 0 Å². The number of imidazole rings is 1. The summed E-state index contributed by atoms with van der Waals surface area (Å²) in [5.41, 5.74) is 1.04. The number of carbonyl (C=O) groups is 2. The third-order valence-corrected chi connectivity index (χ3v) is 3.62. The first-order chi connectivity index (χ1) is 9.65. The Morgan fingerprint density at radius 3 is 2.80 bits per heavy atom. The average Bonchev–Trinajstić information content (AvgIpc) is 3.08. The first kappa shape index (κ1) is 12.5. The van der Waals surface area contributed by atoms with Crippen molar-refractivity contribution in [2.75, 3.05) is 5.32 Å². The molecule has 0 bridgehead atoms. The number of fused-ring (bicyclic) bond motifs is 1. The zero-order valence-electron chi connectivity index (χ0n) is 10.5. The monoisotopic (exact) mass is 275 g/mol. The molecule has 0 unspecified atom stereocenters. The molecule has 2 aromatic heterocycles. The van der Waals surface area contributed by atoms with Crippen LogP contribution in [0.25, 0.3) is 11.2 Å². The van der Waals surface area contributed by atoms with Gasteiger partial charge in [-0.15, -0.1) is 0 Å². The lowest BCUT2D eigenvalue weighted by molar-refractivity contribution is -0.141. The van der Waals surface area contributed by atoms with Gasteiger partial charge in [-0.3, -0.25) is 9.59 Å². The van der Waals surface area contributed by atoms with Crippen molar-refractivity contribution in [3.63, 3.8) is 0 Å². The summed E-state index contributed by atoms with van der Waals surface area (Å²) in [5, 5.41) is 11.7. The van der Waals surface area contributed by atoms with Gasteiger partial charge in [0.25, 0.3) is 0 Å². The highest BCUT2D eigenvalue weighted by Crippen LogP contribution is 2.32. The van der Waals surface area contributed by atoms with Crippen LogP contribution in [-0.2, 0) is 9.59 Å². The second kappa shape index (κ2) is 4.87. The standard InChI is InChI=1S/C12H13N5O3/c18-11(6-1-2-7(3-6)12(19)20)17-10-8-9(14-4-13-8)15-5-16-10/h4-7H,1-3H2,(H,19,20)(H2,13,14,15,16,17,18)/t6-,7+/m1/s1. The van der Waals surface area contributed by atoms with Crippen molar-refractivity contribution < 1.29 is 14.7 Å². The first-order valence-electron chi connectivity index (χ1n) is 6.33. The van der Waals surface area contributed by atoms with E-state index in [-0.39, 0.29) is 11.8 Å². The summed E-state index contributed by atoms with van der Waals surface area (Å²) in [4.78, 5) is 37.9. The lowest BCUT2D eigenvalue weighted by atomic mass is 10.0. The maximum Gasteiger partial charge on any atom is 0.306 e. The SMILES string of the molecule is O=C(O)[C@H]1CC[C@@H](C(=O)Nc2ncnc3nc[nH]c23)C1. The van der Waals surface area contributed by atoms with Crippen LogP contribution in [0.5, 0.6) is 0 Å². The van der Waals surface area contributed by atoms with E-state index in [1.807, 2.05) is 0 Å². The van der Waals surface area contributed by atoms with Crippen LogP contribution in [0.4, 0.5) is 5.82 Å². The van der Waals surface area contributed by atoms with Crippen LogP contribution in [0.15, 0.2) is 12.7 Å². The number of hydrogen-bond acceptors (Lipinski definition) is 5. The zero-order valence-corrected chi connectivity index (χ0v) is 10.5. The van der Waals surface area contributed by atoms with E-state index < -0.39 is 11.9 Å². The Bertz CT molecular complexity index is 668. The number of aliphatic carboxylic acids is 1. The van der Waals surface area contributed by atoms with E-state index in [2.05, 4.69) is 25.3 Å². The van der Waals surface area contributed by atoms with Crippen molar-refractivity contribution in [3.05, 3.63) is 12.7 Å². The molecule has 0 aromatic carbocycles. The van der Waals surface area contributed by atoms with E-state index in [0.717, 1.165) is 0 Å². The number of carbonyl (C=O) groups excluding carboxylic acids is 1. The van der Waals surface area contributed by atoms with Gasteiger partial charge in [-0.05, 0) is 19.3 Å². The molecule has 2 atom stereocenters. The minimum atomic E-state index is -0.835. The lowest BCUT2D eigenvalue weighted by Crippen LogP contribution is -2.22. The van der Waals surface area contributed by atoms with E-state index in [9.17, 15) is 9.59 Å². The lowest BCUT2D eigenvalue weighted by Gasteiger charge is -2.10. The van der Waals surface area contributed by atoms with Gasteiger partial charge in [0.05, 0.1) is 12.2 Å². The van der Waals surface area contributed by atoms with Crippen LogP contribution in [0.2, 0.25) is 0 Å². The van der Waals surface area contributed by atoms with E-state index >= 15 is 0 Å². The van der Waals surface area contributed by atoms with Crippen molar-refractivity contribution in [1.29, 1.82) is 0 Å². The summed E-state index contributed by atoms with van der Waals surface area (Å²) < 4.78 is 0. The Hall–Kier alpha value is -2.51. The minimum absolute atomic E-state index is 0.205. The molecular weight excluding hydrogens is 262 g/mol. The molecule has 8 heteroatoms. The van der Waals surface area contributed by atoms with Crippen molar-refractivity contribution in [1.82, 2.24) is 19.9 Å². The Morgan fingerprint density at radius 2 is 2.05 bits per heavy atom. The smallest absolute Gasteiger partial charge is 0.306 e. The van der Waals surface area contributed by atoms with E-state index in [4.69, 9.17) is 5.11 Å². The van der Waals surface area contributed by atoms with E-state index in [1.54, 1.807) is 0 Å². The van der Waals surface area contributed by atoms with Crippen LogP contribution in [0.3, 0.4) is 0 Å². The molecule has 104 valence electrons. The Kier molecular flexibility index (Phi) is 3.05. The maximum absolute atomic E-state index is 12.1. The van der Waals surface area contributed by atoms with E-state index in [1.165, 1.54) is 12.7 Å². The fourth-order valence-corrected chi connectivity index (χ4v) is 2.52. The Labute approximate surface area is 113 Å². The quantitative estimate of drug-likeness (QED) is 0.761. The second-order valence-electron chi connectivity index (χ2n) is 4.86. The number of amides is 1. The molecule has 3 rings (SSSR count). The number of aromatic amines is 1. The third kappa shape index (κ3) is 2.20. The molecule has 1 saturated carbocycles. The molecule has 1 aliphatic rings. The Morgan fingerprint density at radius 1 is 1.25 bits per heavy atom. The largest absolute Gasteiger partial charge is 0.481 e. The van der Waals surface area contributed by atoms with Crippen LogP contribution in [0, 0.1) is 11.8 Å². The van der Waals surface area contributed by atoms with Gasteiger partial charge in [-0.1, -0.05) is 0 Å². The molecular formula is C12H13N5O3. The van der Waals surface area contributed by atoms with Gasteiger partial charge in [-0.2, -0.15) is 0 Å². The van der Waals surface area contributed by atoms with Gasteiger partial charge in [0.2, 0.25) is 5.91 Å². The number of carboxylic acids is 1. The first-order valence-corrected chi connectivity index (χ1v) is 6.33. The number of anilines is 1. The molecule has 8 nitrogen and oxygen atoms in total. The molecule has 0 saturated heterocycles. The number of H-pyrrole nitrogens is 1. The number of hydrogen-bond donors (Lipinski definition) is 3. The van der Waals surface area contributed by atoms with Gasteiger partial charge in [0, 0.05) is 5.92 Å². The summed E-state index contributed by atoms with van der Waals surface area (Å²) in [6, 6.07) is 0. The number of nitrogens with one attached hydrogen (secondary N) is 2. The molecule has 0 spiro atoms. The number of carboxylic acid groups (broad SMARTS) is 1. The predicted octanol–water partition coefficient (Wildman–Crippen LogP) is 0.792. The van der Waals surface area contributed by atoms with Crippen molar-refractivity contribution in [2.24, 2.45) is 11.8 Å². The van der Waals surface area contributed by atoms with Crippen LogP contribution in [-0.4, -0.2) is 36.9 Å². The molecule has 1 aliphatic carbocycles. The van der Waals surface area contributed by atoms with Crippen molar-refractivity contribution >= 4 is 28.9 Å². The number of nitrogens with zero attached hydrogens (tertiary/aromatic N) is 3. The average molecular weight is 275 g/mol. The van der Waals surface area contributed by atoms with Gasteiger partial charge in [0.1, 0.15) is 11.8 Å². The summed E-state index contributed by atoms with van der Waals surface area (Å²) >= 11 is 0. The number of rotatable bonds is 3. The van der Waals surface area contributed by atoms with E-state index in [0.29, 0.717) is 36.2 Å². The van der Waals surface area contributed by atoms with Crippen LogP contribution < -0.4 is 5.32 Å². The second-order valence-corrected chi connectivity index (χ2v) is 4.86.